The topological polar surface area (TPSA) is 55.6 Å². The Bertz CT molecular complexity index is 905. The molecule has 0 saturated carbocycles. The lowest BCUT2D eigenvalue weighted by molar-refractivity contribution is 0.0948. The van der Waals surface area contributed by atoms with Crippen LogP contribution in [0.25, 0.3) is 5.52 Å². The normalized spacial score (nSPS) is 11.5. The van der Waals surface area contributed by atoms with Crippen molar-refractivity contribution >= 4 is 11.4 Å². The van der Waals surface area contributed by atoms with E-state index in [0.717, 1.165) is 16.8 Å². The van der Waals surface area contributed by atoms with E-state index in [9.17, 15) is 4.79 Å². The van der Waals surface area contributed by atoms with Gasteiger partial charge in [0.25, 0.3) is 5.91 Å². The lowest BCUT2D eigenvalue weighted by Gasteiger charge is -2.19. The van der Waals surface area contributed by atoms with E-state index in [4.69, 9.17) is 4.74 Å². The maximum Gasteiger partial charge on any atom is 0.255 e. The molecule has 0 bridgehead atoms. The first kappa shape index (κ1) is 18.0. The molecule has 2 aromatic heterocycles. The minimum atomic E-state index is -0.138. The average molecular weight is 351 g/mol. The van der Waals surface area contributed by atoms with Crippen molar-refractivity contribution in [3.05, 3.63) is 65.5 Å². The van der Waals surface area contributed by atoms with Gasteiger partial charge in [-0.15, -0.1) is 0 Å². The number of rotatable bonds is 5. The van der Waals surface area contributed by atoms with E-state index in [2.05, 4.69) is 43.3 Å². The molecule has 0 aliphatic rings. The van der Waals surface area contributed by atoms with Gasteiger partial charge in [-0.2, -0.15) is 5.10 Å². The first-order chi connectivity index (χ1) is 12.4. The maximum atomic E-state index is 12.4. The van der Waals surface area contributed by atoms with Gasteiger partial charge in [-0.05, 0) is 41.7 Å². The lowest BCUT2D eigenvalue weighted by atomic mass is 9.87. The molecule has 0 unspecified atom stereocenters. The first-order valence-corrected chi connectivity index (χ1v) is 8.81. The third-order valence-corrected chi connectivity index (χ3v) is 4.36. The van der Waals surface area contributed by atoms with Crippen LogP contribution in [-0.2, 0) is 5.41 Å². The van der Waals surface area contributed by atoms with Crippen molar-refractivity contribution in [2.75, 3.05) is 13.2 Å². The second-order valence-electron chi connectivity index (χ2n) is 7.42. The highest BCUT2D eigenvalue weighted by molar-refractivity contribution is 6.01. The van der Waals surface area contributed by atoms with Crippen LogP contribution in [0.3, 0.4) is 0 Å². The average Bonchev–Trinajstić information content (AvgIpc) is 3.04. The van der Waals surface area contributed by atoms with Gasteiger partial charge in [0.15, 0.2) is 0 Å². The second-order valence-corrected chi connectivity index (χ2v) is 7.42. The van der Waals surface area contributed by atoms with Gasteiger partial charge in [0, 0.05) is 6.20 Å². The van der Waals surface area contributed by atoms with Crippen molar-refractivity contribution in [1.82, 2.24) is 14.9 Å². The number of aryl methyl sites for hydroxylation is 1. The Morgan fingerprint density at radius 2 is 1.92 bits per heavy atom. The second kappa shape index (κ2) is 7.20. The van der Waals surface area contributed by atoms with E-state index in [1.165, 1.54) is 5.56 Å². The number of pyridine rings is 1. The fourth-order valence-corrected chi connectivity index (χ4v) is 2.86. The third-order valence-electron chi connectivity index (χ3n) is 4.36. The van der Waals surface area contributed by atoms with Crippen molar-refractivity contribution < 1.29 is 9.53 Å². The van der Waals surface area contributed by atoms with Gasteiger partial charge in [0.2, 0.25) is 0 Å². The Kier molecular flexibility index (Phi) is 4.98. The summed E-state index contributed by atoms with van der Waals surface area (Å²) < 4.78 is 7.44. The number of hydrogen-bond donors (Lipinski definition) is 1. The molecule has 0 atom stereocenters. The van der Waals surface area contributed by atoms with Crippen LogP contribution in [0.4, 0.5) is 0 Å². The standard InChI is InChI=1S/C21H25N3O2/c1-15-6-5-12-24-19(15)18(14-23-24)20(25)22-11-13-26-17-9-7-16(8-10-17)21(2,3)4/h5-10,12,14H,11,13H2,1-4H3,(H,22,25). The van der Waals surface area contributed by atoms with Crippen LogP contribution < -0.4 is 10.1 Å². The van der Waals surface area contributed by atoms with Crippen molar-refractivity contribution in [3.8, 4) is 5.75 Å². The molecule has 0 aliphatic carbocycles. The van der Waals surface area contributed by atoms with E-state index in [1.54, 1.807) is 10.7 Å². The summed E-state index contributed by atoms with van der Waals surface area (Å²) in [4.78, 5) is 12.4. The molecular weight excluding hydrogens is 326 g/mol. The molecule has 0 radical (unpaired) electrons. The summed E-state index contributed by atoms with van der Waals surface area (Å²) in [6.07, 6.45) is 3.44. The van der Waals surface area contributed by atoms with Crippen molar-refractivity contribution in [1.29, 1.82) is 0 Å². The molecule has 136 valence electrons. The number of nitrogens with one attached hydrogen (secondary N) is 1. The minimum absolute atomic E-state index is 0.124. The summed E-state index contributed by atoms with van der Waals surface area (Å²) in [6, 6.07) is 12.0. The van der Waals surface area contributed by atoms with Gasteiger partial charge >= 0.3 is 0 Å². The van der Waals surface area contributed by atoms with Crippen LogP contribution >= 0.6 is 0 Å². The number of carbonyl (C=O) groups is 1. The monoisotopic (exact) mass is 351 g/mol. The summed E-state index contributed by atoms with van der Waals surface area (Å²) >= 11 is 0. The number of benzene rings is 1. The van der Waals surface area contributed by atoms with Crippen LogP contribution in [0.5, 0.6) is 5.75 Å². The molecule has 0 aliphatic heterocycles. The fraction of sp³-hybridized carbons (Fsp3) is 0.333. The molecule has 0 fully saturated rings. The maximum absolute atomic E-state index is 12.4. The summed E-state index contributed by atoms with van der Waals surface area (Å²) in [6.45, 7) is 9.36. The Balaban J connectivity index is 1.54. The Morgan fingerprint density at radius 1 is 1.19 bits per heavy atom. The molecule has 1 amide bonds. The predicted molar refractivity (Wildman–Crippen MR) is 103 cm³/mol. The molecule has 3 rings (SSSR count). The van der Waals surface area contributed by atoms with Crippen molar-refractivity contribution in [2.24, 2.45) is 0 Å². The van der Waals surface area contributed by atoms with E-state index in [1.807, 2.05) is 37.4 Å². The van der Waals surface area contributed by atoms with Gasteiger partial charge in [-0.1, -0.05) is 39.0 Å². The molecule has 3 aromatic rings. The number of amides is 1. The Labute approximate surface area is 154 Å². The zero-order chi connectivity index (χ0) is 18.7. The highest BCUT2D eigenvalue weighted by atomic mass is 16.5. The smallest absolute Gasteiger partial charge is 0.255 e. The zero-order valence-corrected chi connectivity index (χ0v) is 15.7. The first-order valence-electron chi connectivity index (χ1n) is 8.81. The fourth-order valence-electron chi connectivity index (χ4n) is 2.86. The van der Waals surface area contributed by atoms with E-state index >= 15 is 0 Å². The minimum Gasteiger partial charge on any atom is -0.492 e. The SMILES string of the molecule is Cc1cccn2ncc(C(=O)NCCOc3ccc(C(C)(C)C)cc3)c12. The molecule has 26 heavy (non-hydrogen) atoms. The van der Waals surface area contributed by atoms with E-state index in [-0.39, 0.29) is 11.3 Å². The summed E-state index contributed by atoms with van der Waals surface area (Å²) in [5.74, 6) is 0.667. The molecule has 0 spiro atoms. The summed E-state index contributed by atoms with van der Waals surface area (Å²) in [5.41, 5.74) is 3.83. The third kappa shape index (κ3) is 3.87. The molecule has 0 saturated heterocycles. The highest BCUT2D eigenvalue weighted by Gasteiger charge is 2.14. The Hall–Kier alpha value is -2.82. The van der Waals surface area contributed by atoms with E-state index < -0.39 is 0 Å². The van der Waals surface area contributed by atoms with Gasteiger partial charge in [0.05, 0.1) is 23.8 Å². The van der Waals surface area contributed by atoms with Crippen LogP contribution in [0, 0.1) is 6.92 Å². The molecular formula is C21H25N3O2. The number of ether oxygens (including phenoxy) is 1. The van der Waals surface area contributed by atoms with Crippen molar-refractivity contribution in [3.63, 3.8) is 0 Å². The molecule has 5 heteroatoms. The van der Waals surface area contributed by atoms with E-state index in [0.29, 0.717) is 18.7 Å². The number of aromatic nitrogens is 2. The number of nitrogens with zero attached hydrogens (tertiary/aromatic N) is 2. The number of carbonyl (C=O) groups excluding carboxylic acids is 1. The molecule has 1 N–H and O–H groups in total. The Morgan fingerprint density at radius 3 is 2.62 bits per heavy atom. The number of fused-ring (bicyclic) bond motifs is 1. The van der Waals surface area contributed by atoms with Crippen LogP contribution in [0.2, 0.25) is 0 Å². The van der Waals surface area contributed by atoms with Crippen LogP contribution in [0.1, 0.15) is 42.3 Å². The lowest BCUT2D eigenvalue weighted by Crippen LogP contribution is -2.28. The van der Waals surface area contributed by atoms with Crippen LogP contribution in [0.15, 0.2) is 48.8 Å². The molecule has 5 nitrogen and oxygen atoms in total. The summed E-state index contributed by atoms with van der Waals surface area (Å²) in [7, 11) is 0. The van der Waals surface area contributed by atoms with Gasteiger partial charge in [-0.3, -0.25) is 4.79 Å². The predicted octanol–water partition coefficient (Wildman–Crippen LogP) is 3.75. The van der Waals surface area contributed by atoms with Gasteiger partial charge in [0.1, 0.15) is 12.4 Å². The highest BCUT2D eigenvalue weighted by Crippen LogP contribution is 2.24. The quantitative estimate of drug-likeness (QED) is 0.712. The van der Waals surface area contributed by atoms with Crippen molar-refractivity contribution in [2.45, 2.75) is 33.1 Å². The molecule has 2 heterocycles. The zero-order valence-electron chi connectivity index (χ0n) is 15.7. The van der Waals surface area contributed by atoms with Gasteiger partial charge in [-0.25, -0.2) is 4.52 Å². The largest absolute Gasteiger partial charge is 0.492 e. The molecule has 1 aromatic carbocycles. The number of hydrogen-bond acceptors (Lipinski definition) is 3. The van der Waals surface area contributed by atoms with Crippen LogP contribution in [-0.4, -0.2) is 28.7 Å². The van der Waals surface area contributed by atoms with Gasteiger partial charge < -0.3 is 10.1 Å². The summed E-state index contributed by atoms with van der Waals surface area (Å²) in [5, 5.41) is 7.12.